The molecule has 1 amide bonds. The maximum Gasteiger partial charge on any atom is 0.494 e. The SMILES string of the molecule is CC1(C)OB(c2cccc(S(=O)(=O)c3cc(B4OC(C)(C)C(C)(C)O4)cc(C(=O)NCC(=O)O)c3)c2)OC1(C)C. The molecule has 0 atom stereocenters. The lowest BCUT2D eigenvalue weighted by Gasteiger charge is -2.32. The second-order valence-electron chi connectivity index (χ2n) is 12.1. The van der Waals surface area contributed by atoms with Gasteiger partial charge in [-0.2, -0.15) is 0 Å². The molecule has 2 fully saturated rings. The summed E-state index contributed by atoms with van der Waals surface area (Å²) >= 11 is 0. The van der Waals surface area contributed by atoms with Crippen molar-refractivity contribution in [3.63, 3.8) is 0 Å². The third-order valence-corrected chi connectivity index (χ3v) is 9.85. The number of sulfone groups is 1. The highest BCUT2D eigenvalue weighted by molar-refractivity contribution is 7.91. The van der Waals surface area contributed by atoms with Gasteiger partial charge in [0.05, 0.1) is 32.2 Å². The first kappa shape index (κ1) is 30.3. The molecule has 0 saturated carbocycles. The standard InChI is InChI=1S/C27H35B2NO9S/c1-24(2)25(3,4)37-28(36-24)18-10-9-11-20(14-18)40(34,35)21-13-17(23(33)30-16-22(31)32)12-19(15-21)29-38-26(5,6)27(7,8)39-29/h9-15H,16H2,1-8H3,(H,30,33)(H,31,32). The Balaban J connectivity index is 1.76. The van der Waals surface area contributed by atoms with Gasteiger partial charge in [0.15, 0.2) is 0 Å². The highest BCUT2D eigenvalue weighted by Gasteiger charge is 2.53. The fourth-order valence-corrected chi connectivity index (χ4v) is 5.62. The van der Waals surface area contributed by atoms with E-state index in [1.807, 2.05) is 55.4 Å². The van der Waals surface area contributed by atoms with Crippen molar-refractivity contribution in [2.45, 2.75) is 87.6 Å². The summed E-state index contributed by atoms with van der Waals surface area (Å²) in [5.74, 6) is -1.98. The summed E-state index contributed by atoms with van der Waals surface area (Å²) in [5.41, 5.74) is -1.85. The summed E-state index contributed by atoms with van der Waals surface area (Å²) < 4.78 is 52.3. The average molecular weight is 571 g/mol. The Hall–Kier alpha value is -2.70. The molecular formula is C27H35B2NO9S. The molecule has 0 aromatic heterocycles. The molecule has 214 valence electrons. The zero-order valence-electron chi connectivity index (χ0n) is 24.0. The second-order valence-corrected chi connectivity index (χ2v) is 14.1. The Labute approximate surface area is 235 Å². The molecule has 2 N–H and O–H groups in total. The van der Waals surface area contributed by atoms with E-state index in [0.29, 0.717) is 10.9 Å². The highest BCUT2D eigenvalue weighted by atomic mass is 32.2. The van der Waals surface area contributed by atoms with Crippen molar-refractivity contribution >= 4 is 46.9 Å². The van der Waals surface area contributed by atoms with Crippen LogP contribution in [0.15, 0.2) is 52.3 Å². The monoisotopic (exact) mass is 571 g/mol. The van der Waals surface area contributed by atoms with E-state index in [-0.39, 0.29) is 15.4 Å². The van der Waals surface area contributed by atoms with Crippen LogP contribution in [0, 0.1) is 0 Å². The van der Waals surface area contributed by atoms with Crippen molar-refractivity contribution in [2.24, 2.45) is 0 Å². The minimum Gasteiger partial charge on any atom is -0.480 e. The Morgan fingerprint density at radius 3 is 1.73 bits per heavy atom. The summed E-state index contributed by atoms with van der Waals surface area (Å²) in [6.45, 7) is 14.4. The minimum atomic E-state index is -4.16. The van der Waals surface area contributed by atoms with Crippen molar-refractivity contribution in [1.82, 2.24) is 5.32 Å². The number of hydrogen-bond donors (Lipinski definition) is 2. The summed E-state index contributed by atoms with van der Waals surface area (Å²) in [4.78, 5) is 23.7. The number of amides is 1. The number of carbonyl (C=O) groups excluding carboxylic acids is 1. The predicted octanol–water partition coefficient (Wildman–Crippen LogP) is 1.93. The molecule has 4 rings (SSSR count). The van der Waals surface area contributed by atoms with Crippen LogP contribution in [0.2, 0.25) is 0 Å². The number of nitrogens with one attached hydrogen (secondary N) is 1. The van der Waals surface area contributed by atoms with Gasteiger partial charge in [-0.15, -0.1) is 0 Å². The number of benzene rings is 2. The van der Waals surface area contributed by atoms with Crippen LogP contribution in [0.5, 0.6) is 0 Å². The molecule has 2 aromatic carbocycles. The van der Waals surface area contributed by atoms with Crippen LogP contribution in [-0.4, -0.2) is 68.6 Å². The van der Waals surface area contributed by atoms with Gasteiger partial charge < -0.3 is 29.0 Å². The van der Waals surface area contributed by atoms with E-state index in [2.05, 4.69) is 5.32 Å². The van der Waals surface area contributed by atoms with Gasteiger partial charge in [-0.3, -0.25) is 9.59 Å². The molecule has 40 heavy (non-hydrogen) atoms. The van der Waals surface area contributed by atoms with Crippen LogP contribution in [0.25, 0.3) is 0 Å². The molecule has 0 aliphatic carbocycles. The minimum absolute atomic E-state index is 0.0253. The summed E-state index contributed by atoms with van der Waals surface area (Å²) in [5, 5.41) is 11.3. The van der Waals surface area contributed by atoms with Crippen LogP contribution in [-0.2, 0) is 33.2 Å². The van der Waals surface area contributed by atoms with Crippen molar-refractivity contribution in [2.75, 3.05) is 6.54 Å². The van der Waals surface area contributed by atoms with Crippen molar-refractivity contribution < 1.29 is 41.7 Å². The highest BCUT2D eigenvalue weighted by Crippen LogP contribution is 2.38. The molecule has 2 aliphatic rings. The quantitative estimate of drug-likeness (QED) is 0.478. The number of rotatable bonds is 7. The first-order chi connectivity index (χ1) is 18.3. The molecule has 2 saturated heterocycles. The van der Waals surface area contributed by atoms with Gasteiger partial charge >= 0.3 is 20.2 Å². The molecule has 0 spiro atoms. The molecule has 10 nitrogen and oxygen atoms in total. The number of carbonyl (C=O) groups is 2. The van der Waals surface area contributed by atoms with E-state index in [4.69, 9.17) is 23.7 Å². The van der Waals surface area contributed by atoms with Crippen LogP contribution < -0.4 is 16.2 Å². The number of hydrogen-bond acceptors (Lipinski definition) is 8. The fourth-order valence-electron chi connectivity index (χ4n) is 4.23. The number of carboxylic acids is 1. The van der Waals surface area contributed by atoms with Crippen LogP contribution in [0.1, 0.15) is 65.7 Å². The molecule has 0 unspecified atom stereocenters. The van der Waals surface area contributed by atoms with Gasteiger partial charge in [-0.1, -0.05) is 12.1 Å². The maximum atomic E-state index is 13.9. The lowest BCUT2D eigenvalue weighted by Crippen LogP contribution is -2.41. The van der Waals surface area contributed by atoms with E-state index in [1.165, 1.54) is 30.3 Å². The Bertz CT molecular complexity index is 1420. The third kappa shape index (κ3) is 5.58. The average Bonchev–Trinajstić information content (AvgIpc) is 3.21. The van der Waals surface area contributed by atoms with E-state index in [0.717, 1.165) is 0 Å². The first-order valence-corrected chi connectivity index (χ1v) is 14.5. The normalized spacial score (nSPS) is 20.9. The summed E-state index contributed by atoms with van der Waals surface area (Å²) in [6, 6.07) is 10.3. The van der Waals surface area contributed by atoms with Crippen molar-refractivity contribution in [3.05, 3.63) is 48.0 Å². The van der Waals surface area contributed by atoms with Gasteiger partial charge in [0, 0.05) is 5.56 Å². The number of aliphatic carboxylic acids is 1. The second kappa shape index (κ2) is 9.99. The van der Waals surface area contributed by atoms with Gasteiger partial charge in [-0.05, 0) is 96.6 Å². The molecule has 2 heterocycles. The molecule has 0 bridgehead atoms. The zero-order chi connectivity index (χ0) is 29.9. The van der Waals surface area contributed by atoms with Crippen molar-refractivity contribution in [3.8, 4) is 0 Å². The topological polar surface area (TPSA) is 137 Å². The predicted molar refractivity (Wildman–Crippen MR) is 150 cm³/mol. The van der Waals surface area contributed by atoms with E-state index in [9.17, 15) is 18.0 Å². The molecule has 0 radical (unpaired) electrons. The number of carboxylic acid groups (broad SMARTS) is 1. The Morgan fingerprint density at radius 2 is 1.23 bits per heavy atom. The van der Waals surface area contributed by atoms with Crippen LogP contribution in [0.3, 0.4) is 0 Å². The lowest BCUT2D eigenvalue weighted by molar-refractivity contribution is -0.135. The largest absolute Gasteiger partial charge is 0.494 e. The zero-order valence-corrected chi connectivity index (χ0v) is 24.8. The third-order valence-electron chi connectivity index (χ3n) is 8.12. The van der Waals surface area contributed by atoms with Gasteiger partial charge in [0.25, 0.3) is 5.91 Å². The van der Waals surface area contributed by atoms with E-state index >= 15 is 0 Å². The molecule has 2 aromatic rings. The Kier molecular flexibility index (Phi) is 7.56. The van der Waals surface area contributed by atoms with E-state index < -0.39 is 64.9 Å². The van der Waals surface area contributed by atoms with Gasteiger partial charge in [-0.25, -0.2) is 8.42 Å². The molecular weight excluding hydrogens is 536 g/mol. The molecule has 2 aliphatic heterocycles. The smallest absolute Gasteiger partial charge is 0.480 e. The van der Waals surface area contributed by atoms with Crippen LogP contribution in [0.4, 0.5) is 0 Å². The van der Waals surface area contributed by atoms with Crippen molar-refractivity contribution in [1.29, 1.82) is 0 Å². The Morgan fingerprint density at radius 1 is 0.750 bits per heavy atom. The molecule has 13 heteroatoms. The lowest BCUT2D eigenvalue weighted by atomic mass is 9.78. The van der Waals surface area contributed by atoms with E-state index in [1.54, 1.807) is 12.1 Å². The fraction of sp³-hybridized carbons (Fsp3) is 0.481. The summed E-state index contributed by atoms with van der Waals surface area (Å²) in [7, 11) is -5.89. The first-order valence-electron chi connectivity index (χ1n) is 13.0. The summed E-state index contributed by atoms with van der Waals surface area (Å²) in [6.07, 6.45) is 0. The van der Waals surface area contributed by atoms with Crippen LogP contribution >= 0.6 is 0 Å². The van der Waals surface area contributed by atoms with Gasteiger partial charge in [0.1, 0.15) is 6.54 Å². The maximum absolute atomic E-state index is 13.9. The van der Waals surface area contributed by atoms with Gasteiger partial charge in [0.2, 0.25) is 9.84 Å².